The van der Waals surface area contributed by atoms with Crippen LogP contribution in [0.25, 0.3) is 0 Å². The third kappa shape index (κ3) is 3.45. The maximum Gasteiger partial charge on any atom is 0.264 e. The number of hydrazine groups is 3. The minimum Gasteiger partial charge on any atom is -0.366 e. The number of hydrogen-bond donors (Lipinski definition) is 6. The van der Waals surface area contributed by atoms with Crippen molar-refractivity contribution in [2.75, 3.05) is 0 Å². The second-order valence-electron chi connectivity index (χ2n) is 8.34. The number of allylic oxidation sites excluding steroid dienone is 1. The highest BCUT2D eigenvalue weighted by Crippen LogP contribution is 2.36. The summed E-state index contributed by atoms with van der Waals surface area (Å²) in [4.78, 5) is 29.7. The van der Waals surface area contributed by atoms with Crippen molar-refractivity contribution in [3.8, 4) is 0 Å². The zero-order chi connectivity index (χ0) is 20.7. The van der Waals surface area contributed by atoms with Crippen LogP contribution in [0.5, 0.6) is 0 Å². The number of amides is 2. The van der Waals surface area contributed by atoms with Crippen molar-refractivity contribution in [2.45, 2.75) is 62.9 Å². The van der Waals surface area contributed by atoms with Crippen LogP contribution in [0, 0.1) is 5.92 Å². The molecule has 3 fully saturated rings. The Bertz CT molecular complexity index is 846. The average Bonchev–Trinajstić information content (AvgIpc) is 3.38. The van der Waals surface area contributed by atoms with Crippen LogP contribution in [-0.2, 0) is 9.59 Å². The number of carbonyl (C=O) groups excluding carboxylic acids is 2. The summed E-state index contributed by atoms with van der Waals surface area (Å²) in [6, 6.07) is 6.49. The first-order chi connectivity index (χ1) is 14.6. The molecule has 6 N–H and O–H groups in total. The number of pyridine rings is 1. The van der Waals surface area contributed by atoms with Crippen LogP contribution in [0.4, 0.5) is 0 Å². The van der Waals surface area contributed by atoms with E-state index in [0.717, 1.165) is 30.7 Å². The topological polar surface area (TPSA) is 122 Å². The van der Waals surface area contributed by atoms with Crippen molar-refractivity contribution < 1.29 is 9.59 Å². The first kappa shape index (κ1) is 19.4. The van der Waals surface area contributed by atoms with E-state index in [1.807, 2.05) is 25.1 Å². The second kappa shape index (κ2) is 7.95. The van der Waals surface area contributed by atoms with E-state index in [1.54, 1.807) is 17.3 Å². The van der Waals surface area contributed by atoms with E-state index < -0.39 is 6.17 Å². The molecule has 30 heavy (non-hydrogen) atoms. The van der Waals surface area contributed by atoms with Crippen LogP contribution in [0.15, 0.2) is 36.2 Å². The SMILES string of the molecule is CCC(=O)NC1NN2C(=O)C=C(C3CCC4NNNC4C3)NC2C1c1ccccn1. The lowest BCUT2D eigenvalue weighted by molar-refractivity contribution is -0.132. The summed E-state index contributed by atoms with van der Waals surface area (Å²) in [6.07, 6.45) is 6.07. The molecule has 0 radical (unpaired) electrons. The molecule has 1 saturated carbocycles. The van der Waals surface area contributed by atoms with Gasteiger partial charge in [0.2, 0.25) is 5.91 Å². The summed E-state index contributed by atoms with van der Waals surface area (Å²) >= 11 is 0. The predicted molar refractivity (Wildman–Crippen MR) is 109 cm³/mol. The van der Waals surface area contributed by atoms with Crippen LogP contribution < -0.4 is 32.4 Å². The monoisotopic (exact) mass is 412 g/mol. The van der Waals surface area contributed by atoms with Gasteiger partial charge in [-0.3, -0.25) is 14.6 Å². The highest BCUT2D eigenvalue weighted by atomic mass is 16.2. The van der Waals surface area contributed by atoms with Gasteiger partial charge in [0.15, 0.2) is 0 Å². The molecule has 10 nitrogen and oxygen atoms in total. The van der Waals surface area contributed by atoms with Crippen molar-refractivity contribution >= 4 is 11.8 Å². The fourth-order valence-electron chi connectivity index (χ4n) is 4.97. The Morgan fingerprint density at radius 1 is 1.27 bits per heavy atom. The van der Waals surface area contributed by atoms with E-state index in [4.69, 9.17) is 0 Å². The molecule has 6 atom stereocenters. The van der Waals surface area contributed by atoms with E-state index in [0.29, 0.717) is 18.5 Å². The summed E-state index contributed by atoms with van der Waals surface area (Å²) in [6.45, 7) is 1.81. The molecule has 6 unspecified atom stereocenters. The van der Waals surface area contributed by atoms with Gasteiger partial charge in [0.05, 0.1) is 11.6 Å². The molecular weight excluding hydrogens is 384 g/mol. The van der Waals surface area contributed by atoms with Crippen LogP contribution in [-0.4, -0.2) is 46.2 Å². The number of nitrogens with one attached hydrogen (secondary N) is 6. The molecule has 1 aliphatic carbocycles. The third-order valence-corrected chi connectivity index (χ3v) is 6.56. The standard InChI is InChI=1S/C20H28N8O2/c1-2-16(29)23-19-18(13-5-3-4-8-21-13)20-22-14(10-17(30)28(20)26-19)11-6-7-12-15(9-11)25-27-24-12/h3-5,8,10-12,15,18-20,22,24-27H,2,6-7,9H2,1H3,(H,23,29). The number of carbonyl (C=O) groups is 2. The third-order valence-electron chi connectivity index (χ3n) is 6.56. The summed E-state index contributed by atoms with van der Waals surface area (Å²) < 4.78 is 0. The zero-order valence-corrected chi connectivity index (χ0v) is 16.9. The molecule has 4 heterocycles. The molecule has 0 spiro atoms. The molecule has 0 aromatic carbocycles. The smallest absolute Gasteiger partial charge is 0.264 e. The Hall–Kier alpha value is -2.53. The van der Waals surface area contributed by atoms with Crippen molar-refractivity contribution in [3.05, 3.63) is 41.9 Å². The molecular formula is C20H28N8O2. The second-order valence-corrected chi connectivity index (χ2v) is 8.34. The lowest BCUT2D eigenvalue weighted by Gasteiger charge is -2.38. The van der Waals surface area contributed by atoms with Gasteiger partial charge in [-0.25, -0.2) is 21.3 Å². The van der Waals surface area contributed by atoms with Gasteiger partial charge in [-0.1, -0.05) is 13.0 Å². The highest BCUT2D eigenvalue weighted by molar-refractivity contribution is 5.89. The van der Waals surface area contributed by atoms with Gasteiger partial charge in [0.1, 0.15) is 12.3 Å². The Balaban J connectivity index is 1.40. The number of nitrogens with zero attached hydrogens (tertiary/aromatic N) is 2. The van der Waals surface area contributed by atoms with Crippen LogP contribution in [0.2, 0.25) is 0 Å². The molecule has 2 amide bonds. The lowest BCUT2D eigenvalue weighted by atomic mass is 9.80. The number of hydrogen-bond acceptors (Lipinski definition) is 8. The highest BCUT2D eigenvalue weighted by Gasteiger charge is 2.49. The predicted octanol–water partition coefficient (Wildman–Crippen LogP) is -0.673. The minimum atomic E-state index is -0.415. The average molecular weight is 412 g/mol. The zero-order valence-electron chi connectivity index (χ0n) is 16.9. The van der Waals surface area contributed by atoms with Gasteiger partial charge in [0, 0.05) is 42.4 Å². The lowest BCUT2D eigenvalue weighted by Crippen LogP contribution is -2.55. The largest absolute Gasteiger partial charge is 0.366 e. The molecule has 1 aromatic rings. The maximum absolute atomic E-state index is 13.0. The summed E-state index contributed by atoms with van der Waals surface area (Å²) in [5.41, 5.74) is 14.5. The normalized spacial score (nSPS) is 35.3. The van der Waals surface area contributed by atoms with Gasteiger partial charge < -0.3 is 10.6 Å². The molecule has 0 bridgehead atoms. The van der Waals surface area contributed by atoms with E-state index in [9.17, 15) is 9.59 Å². The Morgan fingerprint density at radius 3 is 2.93 bits per heavy atom. The van der Waals surface area contributed by atoms with Gasteiger partial charge in [-0.2, -0.15) is 5.53 Å². The van der Waals surface area contributed by atoms with E-state index in [1.165, 1.54) is 0 Å². The van der Waals surface area contributed by atoms with Crippen molar-refractivity contribution in [3.63, 3.8) is 0 Å². The summed E-state index contributed by atoms with van der Waals surface area (Å²) in [7, 11) is 0. The van der Waals surface area contributed by atoms with Crippen LogP contribution in [0.3, 0.4) is 0 Å². The van der Waals surface area contributed by atoms with Gasteiger partial charge in [0.25, 0.3) is 5.91 Å². The van der Waals surface area contributed by atoms with E-state index in [2.05, 4.69) is 37.4 Å². The van der Waals surface area contributed by atoms with E-state index >= 15 is 0 Å². The maximum atomic E-state index is 13.0. The van der Waals surface area contributed by atoms with Crippen LogP contribution >= 0.6 is 0 Å². The summed E-state index contributed by atoms with van der Waals surface area (Å²) in [5.74, 6) is -0.0981. The first-order valence-electron chi connectivity index (χ1n) is 10.7. The molecule has 2 saturated heterocycles. The van der Waals surface area contributed by atoms with Crippen molar-refractivity contribution in [2.24, 2.45) is 5.92 Å². The summed E-state index contributed by atoms with van der Waals surface area (Å²) in [5, 5.41) is 8.20. The quantitative estimate of drug-likeness (QED) is 0.385. The molecule has 1 aromatic heterocycles. The number of rotatable bonds is 4. The first-order valence-corrected chi connectivity index (χ1v) is 10.7. The Kier molecular flexibility index (Phi) is 5.15. The fourth-order valence-corrected chi connectivity index (χ4v) is 4.97. The van der Waals surface area contributed by atoms with Gasteiger partial charge in [-0.15, -0.1) is 0 Å². The molecule has 4 aliphatic rings. The van der Waals surface area contributed by atoms with Crippen LogP contribution in [0.1, 0.15) is 44.2 Å². The van der Waals surface area contributed by atoms with E-state index in [-0.39, 0.29) is 29.8 Å². The molecule has 160 valence electrons. The molecule has 5 rings (SSSR count). The van der Waals surface area contributed by atoms with Crippen molar-refractivity contribution in [1.29, 1.82) is 0 Å². The Morgan fingerprint density at radius 2 is 2.13 bits per heavy atom. The van der Waals surface area contributed by atoms with Gasteiger partial charge in [-0.05, 0) is 31.4 Å². The minimum absolute atomic E-state index is 0.0699. The Labute approximate surface area is 175 Å². The molecule has 10 heteroatoms. The van der Waals surface area contributed by atoms with Crippen molar-refractivity contribution in [1.82, 2.24) is 42.4 Å². The molecule has 3 aliphatic heterocycles. The fraction of sp³-hybridized carbons (Fsp3) is 0.550. The number of fused-ring (bicyclic) bond motifs is 2. The van der Waals surface area contributed by atoms with Gasteiger partial charge >= 0.3 is 0 Å². The number of aromatic nitrogens is 1.